The number of hydrogen-bond acceptors (Lipinski definition) is 2. The van der Waals surface area contributed by atoms with E-state index >= 15 is 0 Å². The van der Waals surface area contributed by atoms with Crippen LogP contribution in [0, 0.1) is 0 Å². The average Bonchev–Trinajstić information content (AvgIpc) is 2.48. The third-order valence-electron chi connectivity index (χ3n) is 2.24. The maximum absolute atomic E-state index is 5.57. The van der Waals surface area contributed by atoms with Gasteiger partial charge in [0.25, 0.3) is 0 Å². The molecule has 4 heteroatoms. The largest absolute Gasteiger partial charge is 0.372 e. The Morgan fingerprint density at radius 1 is 1.83 bits per heavy atom. The highest BCUT2D eigenvalue weighted by molar-refractivity contribution is 9.09. The van der Waals surface area contributed by atoms with Gasteiger partial charge in [0.1, 0.15) is 0 Å². The normalized spacial score (nSPS) is 22.3. The topological polar surface area (TPSA) is 27.1 Å². The number of ether oxygens (including phenoxy) is 1. The van der Waals surface area contributed by atoms with Crippen molar-refractivity contribution in [3.8, 4) is 0 Å². The van der Waals surface area contributed by atoms with Crippen molar-refractivity contribution in [3.05, 3.63) is 17.5 Å². The van der Waals surface area contributed by atoms with Crippen LogP contribution in [0.4, 0.5) is 0 Å². The summed E-state index contributed by atoms with van der Waals surface area (Å²) in [5.41, 5.74) is 2.55. The van der Waals surface area contributed by atoms with E-state index < -0.39 is 0 Å². The number of fused-ring (bicyclic) bond motifs is 1. The summed E-state index contributed by atoms with van der Waals surface area (Å²) in [5, 5.41) is 5.07. The molecule has 2 heterocycles. The molecule has 0 N–H and O–H groups in total. The van der Waals surface area contributed by atoms with Crippen LogP contribution in [0.15, 0.2) is 6.20 Å². The fourth-order valence-corrected chi connectivity index (χ4v) is 2.11. The van der Waals surface area contributed by atoms with Crippen LogP contribution >= 0.6 is 15.9 Å². The SMILES string of the molecule is Cn1ncc2c1CCO[C@H]2CBr. The molecule has 2 rings (SSSR count). The van der Waals surface area contributed by atoms with E-state index in [4.69, 9.17) is 4.74 Å². The molecular weight excluding hydrogens is 220 g/mol. The number of rotatable bonds is 1. The quantitative estimate of drug-likeness (QED) is 0.683. The van der Waals surface area contributed by atoms with E-state index in [0.717, 1.165) is 18.4 Å². The van der Waals surface area contributed by atoms with Gasteiger partial charge in [0.2, 0.25) is 0 Å². The summed E-state index contributed by atoms with van der Waals surface area (Å²) in [7, 11) is 1.98. The van der Waals surface area contributed by atoms with Gasteiger partial charge in [-0.1, -0.05) is 15.9 Å². The van der Waals surface area contributed by atoms with Gasteiger partial charge < -0.3 is 4.74 Å². The van der Waals surface area contributed by atoms with Crippen molar-refractivity contribution in [2.45, 2.75) is 12.5 Å². The third kappa shape index (κ3) is 1.19. The molecule has 0 radical (unpaired) electrons. The molecule has 12 heavy (non-hydrogen) atoms. The first kappa shape index (κ1) is 8.26. The molecule has 0 bridgehead atoms. The van der Waals surface area contributed by atoms with Gasteiger partial charge in [0.15, 0.2) is 0 Å². The van der Waals surface area contributed by atoms with E-state index in [1.54, 1.807) is 0 Å². The van der Waals surface area contributed by atoms with Crippen molar-refractivity contribution < 1.29 is 4.74 Å². The summed E-state index contributed by atoms with van der Waals surface area (Å²) in [6.07, 6.45) is 3.08. The lowest BCUT2D eigenvalue weighted by Crippen LogP contribution is -2.18. The molecule has 0 unspecified atom stereocenters. The maximum atomic E-state index is 5.57. The first-order valence-corrected chi connectivity index (χ1v) is 5.13. The Morgan fingerprint density at radius 3 is 3.42 bits per heavy atom. The predicted octanol–water partition coefficient (Wildman–Crippen LogP) is 1.43. The summed E-state index contributed by atoms with van der Waals surface area (Å²) < 4.78 is 7.50. The number of hydrogen-bond donors (Lipinski definition) is 0. The molecule has 3 nitrogen and oxygen atoms in total. The summed E-state index contributed by atoms with van der Waals surface area (Å²) in [6.45, 7) is 0.808. The fraction of sp³-hybridized carbons (Fsp3) is 0.625. The van der Waals surface area contributed by atoms with Crippen LogP contribution in [0.3, 0.4) is 0 Å². The van der Waals surface area contributed by atoms with E-state index in [2.05, 4.69) is 21.0 Å². The predicted molar refractivity (Wildman–Crippen MR) is 49.4 cm³/mol. The van der Waals surface area contributed by atoms with Gasteiger partial charge in [0.05, 0.1) is 18.9 Å². The Morgan fingerprint density at radius 2 is 2.67 bits per heavy atom. The molecule has 1 aromatic rings. The van der Waals surface area contributed by atoms with Crippen molar-refractivity contribution in [2.75, 3.05) is 11.9 Å². The van der Waals surface area contributed by atoms with Crippen LogP contribution in [0.25, 0.3) is 0 Å². The zero-order chi connectivity index (χ0) is 8.55. The van der Waals surface area contributed by atoms with Gasteiger partial charge in [-0.25, -0.2) is 0 Å². The highest BCUT2D eigenvalue weighted by atomic mass is 79.9. The number of alkyl halides is 1. The van der Waals surface area contributed by atoms with E-state index in [0.29, 0.717) is 0 Å². The molecule has 0 fully saturated rings. The smallest absolute Gasteiger partial charge is 0.0954 e. The van der Waals surface area contributed by atoms with Gasteiger partial charge in [0, 0.05) is 30.1 Å². The first-order chi connectivity index (χ1) is 5.83. The minimum atomic E-state index is 0.197. The van der Waals surface area contributed by atoms with Crippen LogP contribution in [-0.4, -0.2) is 21.7 Å². The second kappa shape index (κ2) is 3.18. The van der Waals surface area contributed by atoms with Crippen LogP contribution < -0.4 is 0 Å². The molecule has 0 aromatic carbocycles. The average molecular weight is 231 g/mol. The lowest BCUT2D eigenvalue weighted by Gasteiger charge is -2.21. The molecule has 66 valence electrons. The summed E-state index contributed by atoms with van der Waals surface area (Å²) >= 11 is 3.43. The second-order valence-corrected chi connectivity index (χ2v) is 3.58. The van der Waals surface area contributed by atoms with Crippen molar-refractivity contribution >= 4 is 15.9 Å². The Hall–Kier alpha value is -0.350. The summed E-state index contributed by atoms with van der Waals surface area (Å²) in [6, 6.07) is 0. The fourth-order valence-electron chi connectivity index (χ4n) is 1.57. The molecule has 1 aromatic heterocycles. The Labute approximate surface area is 79.8 Å². The Bertz CT molecular complexity index is 285. The Balaban J connectivity index is 2.38. The summed E-state index contributed by atoms with van der Waals surface area (Å²) in [5.74, 6) is 0. The van der Waals surface area contributed by atoms with E-state index in [1.807, 2.05) is 17.9 Å². The zero-order valence-electron chi connectivity index (χ0n) is 6.96. The van der Waals surface area contributed by atoms with Gasteiger partial charge in [-0.2, -0.15) is 5.10 Å². The van der Waals surface area contributed by atoms with Gasteiger partial charge in [-0.3, -0.25) is 4.68 Å². The van der Waals surface area contributed by atoms with Crippen LogP contribution in [0.2, 0.25) is 0 Å². The molecule has 1 aliphatic heterocycles. The van der Waals surface area contributed by atoms with Crippen LogP contribution in [0.1, 0.15) is 17.4 Å². The van der Waals surface area contributed by atoms with Gasteiger partial charge in [-0.15, -0.1) is 0 Å². The third-order valence-corrected chi connectivity index (χ3v) is 2.83. The standard InChI is InChI=1S/C8H11BrN2O/c1-11-7-2-3-12-8(4-9)6(7)5-10-11/h5,8H,2-4H2,1H3/t8-/m0/s1. The minimum Gasteiger partial charge on any atom is -0.372 e. The number of aromatic nitrogens is 2. The molecular formula is C8H11BrN2O. The van der Waals surface area contributed by atoms with Gasteiger partial charge in [-0.05, 0) is 0 Å². The monoisotopic (exact) mass is 230 g/mol. The number of nitrogens with zero attached hydrogens (tertiary/aromatic N) is 2. The van der Waals surface area contributed by atoms with Crippen molar-refractivity contribution in [1.82, 2.24) is 9.78 Å². The number of halogens is 1. The van der Waals surface area contributed by atoms with E-state index in [-0.39, 0.29) is 6.10 Å². The molecule has 0 spiro atoms. The van der Waals surface area contributed by atoms with Crippen molar-refractivity contribution in [1.29, 1.82) is 0 Å². The molecule has 0 saturated heterocycles. The van der Waals surface area contributed by atoms with E-state index in [1.165, 1.54) is 11.3 Å². The Kier molecular flexibility index (Phi) is 2.19. The maximum Gasteiger partial charge on any atom is 0.0954 e. The zero-order valence-corrected chi connectivity index (χ0v) is 8.54. The lowest BCUT2D eigenvalue weighted by molar-refractivity contribution is 0.0583. The highest BCUT2D eigenvalue weighted by Crippen LogP contribution is 2.27. The molecule has 0 aliphatic carbocycles. The number of aryl methyl sites for hydroxylation is 1. The molecule has 1 aliphatic rings. The van der Waals surface area contributed by atoms with Crippen molar-refractivity contribution in [3.63, 3.8) is 0 Å². The van der Waals surface area contributed by atoms with Gasteiger partial charge >= 0.3 is 0 Å². The van der Waals surface area contributed by atoms with Crippen LogP contribution in [-0.2, 0) is 18.2 Å². The lowest BCUT2D eigenvalue weighted by atomic mass is 10.1. The molecule has 0 amide bonds. The van der Waals surface area contributed by atoms with E-state index in [9.17, 15) is 0 Å². The van der Waals surface area contributed by atoms with Crippen molar-refractivity contribution in [2.24, 2.45) is 7.05 Å². The summed E-state index contributed by atoms with van der Waals surface area (Å²) in [4.78, 5) is 0. The second-order valence-electron chi connectivity index (χ2n) is 2.93. The van der Waals surface area contributed by atoms with Crippen LogP contribution in [0.5, 0.6) is 0 Å². The first-order valence-electron chi connectivity index (χ1n) is 4.01. The molecule has 0 saturated carbocycles. The minimum absolute atomic E-state index is 0.197. The highest BCUT2D eigenvalue weighted by Gasteiger charge is 2.22. The molecule has 1 atom stereocenters.